The summed E-state index contributed by atoms with van der Waals surface area (Å²) in [6, 6.07) is 7.38. The van der Waals surface area contributed by atoms with Gasteiger partial charge in [0.2, 0.25) is 5.89 Å². The monoisotopic (exact) mass is 312 g/mol. The molecule has 6 heteroatoms. The quantitative estimate of drug-likeness (QED) is 0.730. The smallest absolute Gasteiger partial charge is 0.251 e. The fourth-order valence-electron chi connectivity index (χ4n) is 2.31. The van der Waals surface area contributed by atoms with Crippen molar-refractivity contribution < 1.29 is 4.42 Å². The van der Waals surface area contributed by atoms with Crippen LogP contribution in [-0.4, -0.2) is 20.2 Å². The molecule has 4 rings (SSSR count). The molecule has 5 nitrogen and oxygen atoms in total. The van der Waals surface area contributed by atoms with Gasteiger partial charge in [-0.15, -0.1) is 10.2 Å². The Balaban J connectivity index is 1.71. The predicted molar refractivity (Wildman–Crippen MR) is 82.5 cm³/mol. The molecule has 0 saturated heterocycles. The van der Waals surface area contributed by atoms with Gasteiger partial charge in [0.25, 0.3) is 5.89 Å². The van der Waals surface area contributed by atoms with Gasteiger partial charge in [-0.25, -0.2) is 9.97 Å². The first-order chi connectivity index (χ1) is 10.7. The van der Waals surface area contributed by atoms with Crippen LogP contribution in [0.25, 0.3) is 22.9 Å². The minimum atomic E-state index is 0.395. The van der Waals surface area contributed by atoms with E-state index in [1.807, 2.05) is 25.1 Å². The zero-order chi connectivity index (χ0) is 15.1. The van der Waals surface area contributed by atoms with Crippen LogP contribution in [0, 0.1) is 6.92 Å². The molecule has 0 N–H and O–H groups in total. The first kappa shape index (κ1) is 13.4. The van der Waals surface area contributed by atoms with Crippen molar-refractivity contribution in [2.75, 3.05) is 0 Å². The fourth-order valence-corrected chi connectivity index (χ4v) is 2.53. The second-order valence-corrected chi connectivity index (χ2v) is 5.80. The highest BCUT2D eigenvalue weighted by atomic mass is 35.5. The third kappa shape index (κ3) is 2.37. The Morgan fingerprint density at radius 1 is 1.09 bits per heavy atom. The van der Waals surface area contributed by atoms with Crippen molar-refractivity contribution in [1.82, 2.24) is 20.2 Å². The molecule has 1 fully saturated rings. The van der Waals surface area contributed by atoms with Gasteiger partial charge in [0, 0.05) is 12.1 Å². The van der Waals surface area contributed by atoms with Gasteiger partial charge in [0.05, 0.1) is 21.8 Å². The lowest BCUT2D eigenvalue weighted by Crippen LogP contribution is -1.97. The first-order valence-corrected chi connectivity index (χ1v) is 7.52. The van der Waals surface area contributed by atoms with E-state index in [1.54, 1.807) is 12.3 Å². The van der Waals surface area contributed by atoms with Crippen molar-refractivity contribution in [3.05, 3.63) is 47.0 Å². The normalized spacial score (nSPS) is 14.3. The van der Waals surface area contributed by atoms with Crippen LogP contribution in [0.2, 0.25) is 5.02 Å². The molecule has 0 aliphatic heterocycles. The van der Waals surface area contributed by atoms with E-state index in [0.717, 1.165) is 22.6 Å². The number of halogens is 1. The first-order valence-electron chi connectivity index (χ1n) is 7.14. The van der Waals surface area contributed by atoms with Crippen molar-refractivity contribution in [1.29, 1.82) is 0 Å². The van der Waals surface area contributed by atoms with Crippen molar-refractivity contribution in [3.8, 4) is 22.9 Å². The molecule has 1 aliphatic carbocycles. The molecule has 0 bridgehead atoms. The third-order valence-electron chi connectivity index (χ3n) is 3.70. The van der Waals surface area contributed by atoms with Gasteiger partial charge in [0.15, 0.2) is 0 Å². The Hall–Kier alpha value is -2.27. The van der Waals surface area contributed by atoms with E-state index in [1.165, 1.54) is 12.8 Å². The van der Waals surface area contributed by atoms with Gasteiger partial charge in [-0.2, -0.15) is 0 Å². The van der Waals surface area contributed by atoms with Gasteiger partial charge in [-0.3, -0.25) is 0 Å². The third-order valence-corrected chi connectivity index (χ3v) is 4.03. The Morgan fingerprint density at radius 2 is 1.82 bits per heavy atom. The summed E-state index contributed by atoms with van der Waals surface area (Å²) in [6.07, 6.45) is 4.12. The molecular weight excluding hydrogens is 300 g/mol. The lowest BCUT2D eigenvalue weighted by Gasteiger charge is -2.02. The van der Waals surface area contributed by atoms with Gasteiger partial charge in [-0.1, -0.05) is 23.7 Å². The molecule has 0 unspecified atom stereocenters. The summed E-state index contributed by atoms with van der Waals surface area (Å²) >= 11 is 6.16. The van der Waals surface area contributed by atoms with Crippen LogP contribution in [-0.2, 0) is 0 Å². The van der Waals surface area contributed by atoms with Crippen LogP contribution in [0.5, 0.6) is 0 Å². The summed E-state index contributed by atoms with van der Waals surface area (Å²) in [4.78, 5) is 8.96. The van der Waals surface area contributed by atoms with Gasteiger partial charge >= 0.3 is 0 Å². The molecule has 2 heterocycles. The second-order valence-electron chi connectivity index (χ2n) is 5.39. The zero-order valence-electron chi connectivity index (χ0n) is 12.0. The molecule has 2 aromatic heterocycles. The lowest BCUT2D eigenvalue weighted by atomic mass is 10.2. The van der Waals surface area contributed by atoms with Crippen LogP contribution in [0.3, 0.4) is 0 Å². The number of aromatic nitrogens is 4. The van der Waals surface area contributed by atoms with Crippen molar-refractivity contribution in [2.45, 2.75) is 25.7 Å². The van der Waals surface area contributed by atoms with E-state index < -0.39 is 0 Å². The zero-order valence-corrected chi connectivity index (χ0v) is 12.7. The largest absolute Gasteiger partial charge is 0.416 e. The van der Waals surface area contributed by atoms with Crippen molar-refractivity contribution in [3.63, 3.8) is 0 Å². The molecule has 22 heavy (non-hydrogen) atoms. The number of nitrogens with zero attached hydrogens (tertiary/aromatic N) is 4. The summed E-state index contributed by atoms with van der Waals surface area (Å²) in [6.45, 7) is 1.93. The van der Waals surface area contributed by atoms with Crippen LogP contribution in [0.4, 0.5) is 0 Å². The van der Waals surface area contributed by atoms with E-state index >= 15 is 0 Å². The number of aryl methyl sites for hydroxylation is 1. The Morgan fingerprint density at radius 3 is 2.50 bits per heavy atom. The number of rotatable bonds is 3. The minimum absolute atomic E-state index is 0.395. The molecule has 3 aromatic rings. The second kappa shape index (κ2) is 5.18. The van der Waals surface area contributed by atoms with Crippen LogP contribution < -0.4 is 0 Å². The maximum atomic E-state index is 6.16. The highest BCUT2D eigenvalue weighted by Gasteiger charge is 2.27. The van der Waals surface area contributed by atoms with Crippen LogP contribution >= 0.6 is 11.6 Å². The fraction of sp³-hybridized carbons (Fsp3) is 0.250. The van der Waals surface area contributed by atoms with E-state index in [2.05, 4.69) is 20.2 Å². The maximum Gasteiger partial charge on any atom is 0.251 e. The Kier molecular flexibility index (Phi) is 3.15. The highest BCUT2D eigenvalue weighted by molar-refractivity contribution is 6.33. The van der Waals surface area contributed by atoms with Crippen LogP contribution in [0.1, 0.15) is 30.3 Å². The standard InChI is InChI=1S/C16H13ClN4O/c1-9-12(8-18-14(19-9)10-6-7-10)16-21-20-15(22-16)11-4-2-3-5-13(11)17/h2-5,8,10H,6-7H2,1H3. The number of benzene rings is 1. The Labute approximate surface area is 132 Å². The summed E-state index contributed by atoms with van der Waals surface area (Å²) in [7, 11) is 0. The minimum Gasteiger partial charge on any atom is -0.416 e. The SMILES string of the molecule is Cc1nc(C2CC2)ncc1-c1nnc(-c2ccccc2Cl)o1. The van der Waals surface area contributed by atoms with Gasteiger partial charge in [-0.05, 0) is 31.9 Å². The lowest BCUT2D eigenvalue weighted by molar-refractivity contribution is 0.583. The summed E-state index contributed by atoms with van der Waals surface area (Å²) in [5.74, 6) is 2.24. The van der Waals surface area contributed by atoms with Crippen molar-refractivity contribution in [2.24, 2.45) is 0 Å². The summed E-state index contributed by atoms with van der Waals surface area (Å²) < 4.78 is 5.75. The number of hydrogen-bond acceptors (Lipinski definition) is 5. The Bertz CT molecular complexity index is 842. The predicted octanol–water partition coefficient (Wildman–Crippen LogP) is 4.03. The topological polar surface area (TPSA) is 64.7 Å². The average Bonchev–Trinajstić information content (AvgIpc) is 3.26. The molecule has 1 aliphatic rings. The van der Waals surface area contributed by atoms with E-state index in [4.69, 9.17) is 16.0 Å². The molecular formula is C16H13ClN4O. The molecule has 0 radical (unpaired) electrons. The molecule has 0 spiro atoms. The van der Waals surface area contributed by atoms with E-state index in [-0.39, 0.29) is 0 Å². The van der Waals surface area contributed by atoms with Crippen LogP contribution in [0.15, 0.2) is 34.9 Å². The highest BCUT2D eigenvalue weighted by Crippen LogP contribution is 2.38. The van der Waals surface area contributed by atoms with Crippen molar-refractivity contribution >= 4 is 11.6 Å². The summed E-state index contributed by atoms with van der Waals surface area (Å²) in [5.41, 5.74) is 2.33. The molecule has 1 aromatic carbocycles. The average molecular weight is 313 g/mol. The number of hydrogen-bond donors (Lipinski definition) is 0. The molecule has 0 amide bonds. The molecule has 0 atom stereocenters. The molecule has 1 saturated carbocycles. The van der Waals surface area contributed by atoms with E-state index in [9.17, 15) is 0 Å². The van der Waals surface area contributed by atoms with Gasteiger partial charge < -0.3 is 4.42 Å². The van der Waals surface area contributed by atoms with E-state index in [0.29, 0.717) is 22.7 Å². The summed E-state index contributed by atoms with van der Waals surface area (Å²) in [5, 5.41) is 8.76. The molecule has 110 valence electrons. The van der Waals surface area contributed by atoms with Gasteiger partial charge in [0.1, 0.15) is 5.82 Å². The maximum absolute atomic E-state index is 6.16.